The third-order valence-corrected chi connectivity index (χ3v) is 4.79. The zero-order valence-electron chi connectivity index (χ0n) is 17.6. The molecule has 9 nitrogen and oxygen atoms in total. The number of phenolic OH excluding ortho intramolecular Hbond substituents is 2. The van der Waals surface area contributed by atoms with Gasteiger partial charge in [-0.05, 0) is 30.5 Å². The number of aliphatic imine (C=N–C) groups is 1. The SMILES string of the molecule is CSC1=N/N=C\c2cccc(c2O)OCCOCCOCCOc2cccc(c2O)\C=N\1. The molecule has 2 aromatic carbocycles. The van der Waals surface area contributed by atoms with Crippen LogP contribution < -0.4 is 9.47 Å². The number of para-hydroxylation sites is 2. The molecule has 170 valence electrons. The van der Waals surface area contributed by atoms with E-state index in [9.17, 15) is 10.2 Å². The van der Waals surface area contributed by atoms with E-state index in [1.54, 1.807) is 36.4 Å². The molecule has 0 atom stereocenters. The maximum absolute atomic E-state index is 10.4. The van der Waals surface area contributed by atoms with E-state index in [2.05, 4.69) is 15.2 Å². The molecule has 0 saturated heterocycles. The summed E-state index contributed by atoms with van der Waals surface area (Å²) >= 11 is 1.29. The normalized spacial score (nSPS) is 19.7. The molecule has 0 saturated carbocycles. The third kappa shape index (κ3) is 6.98. The van der Waals surface area contributed by atoms with Gasteiger partial charge in [0, 0.05) is 17.3 Å². The van der Waals surface area contributed by atoms with E-state index >= 15 is 0 Å². The summed E-state index contributed by atoms with van der Waals surface area (Å²) in [6.45, 7) is 2.04. The van der Waals surface area contributed by atoms with Crippen molar-refractivity contribution in [3.63, 3.8) is 0 Å². The molecule has 0 amide bonds. The molecule has 2 N–H and O–H groups in total. The second-order valence-electron chi connectivity index (χ2n) is 6.40. The molecule has 0 fully saturated rings. The quantitative estimate of drug-likeness (QED) is 0.622. The summed E-state index contributed by atoms with van der Waals surface area (Å²) in [5.41, 5.74) is 0.932. The highest BCUT2D eigenvalue weighted by Crippen LogP contribution is 2.29. The molecule has 1 heterocycles. The van der Waals surface area contributed by atoms with Crippen molar-refractivity contribution in [3.8, 4) is 23.0 Å². The molecule has 0 spiro atoms. The lowest BCUT2D eigenvalue weighted by molar-refractivity contribution is 0.0269. The van der Waals surface area contributed by atoms with Crippen molar-refractivity contribution < 1.29 is 29.2 Å². The maximum Gasteiger partial charge on any atom is 0.208 e. The highest BCUT2D eigenvalue weighted by atomic mass is 32.2. The average molecular weight is 460 g/mol. The molecular formula is C22H25N3O6S. The highest BCUT2D eigenvalue weighted by molar-refractivity contribution is 8.13. The minimum absolute atomic E-state index is 0.0209. The van der Waals surface area contributed by atoms with Gasteiger partial charge in [0.2, 0.25) is 5.17 Å². The predicted octanol–water partition coefficient (Wildman–Crippen LogP) is 3.07. The van der Waals surface area contributed by atoms with E-state index in [-0.39, 0.29) is 24.7 Å². The Labute approximate surface area is 190 Å². The summed E-state index contributed by atoms with van der Waals surface area (Å²) in [4.78, 5) is 4.28. The summed E-state index contributed by atoms with van der Waals surface area (Å²) in [5.74, 6) is 0.611. The fourth-order valence-electron chi connectivity index (χ4n) is 2.65. The van der Waals surface area contributed by atoms with E-state index in [1.165, 1.54) is 24.2 Å². The molecule has 4 bridgehead atoms. The van der Waals surface area contributed by atoms with Gasteiger partial charge in [0.15, 0.2) is 23.0 Å². The molecule has 0 radical (unpaired) electrons. The van der Waals surface area contributed by atoms with Gasteiger partial charge in [-0.3, -0.25) is 0 Å². The molecule has 2 aromatic rings. The second kappa shape index (κ2) is 12.7. The van der Waals surface area contributed by atoms with Crippen molar-refractivity contribution in [2.75, 3.05) is 45.9 Å². The maximum atomic E-state index is 10.4. The Bertz CT molecular complexity index is 980. The summed E-state index contributed by atoms with van der Waals surface area (Å²) < 4.78 is 22.1. The van der Waals surface area contributed by atoms with Crippen LogP contribution >= 0.6 is 11.8 Å². The van der Waals surface area contributed by atoms with Crippen LogP contribution in [0.5, 0.6) is 23.0 Å². The van der Waals surface area contributed by atoms with Gasteiger partial charge in [-0.25, -0.2) is 4.99 Å². The van der Waals surface area contributed by atoms with Crippen LogP contribution in [0.15, 0.2) is 51.6 Å². The molecule has 1 aliphatic heterocycles. The summed E-state index contributed by atoms with van der Waals surface area (Å²) in [6, 6.07) is 10.2. The van der Waals surface area contributed by atoms with Crippen LogP contribution in [0.25, 0.3) is 0 Å². The third-order valence-electron chi connectivity index (χ3n) is 4.24. The molecule has 10 heteroatoms. The topological polar surface area (TPSA) is 114 Å². The van der Waals surface area contributed by atoms with Crippen molar-refractivity contribution in [2.45, 2.75) is 0 Å². The van der Waals surface area contributed by atoms with Crippen molar-refractivity contribution in [1.82, 2.24) is 0 Å². The highest BCUT2D eigenvalue weighted by Gasteiger charge is 2.08. The Balaban J connectivity index is 1.83. The van der Waals surface area contributed by atoms with Crippen molar-refractivity contribution in [3.05, 3.63) is 47.5 Å². The van der Waals surface area contributed by atoms with E-state index in [0.717, 1.165) is 0 Å². The number of fused-ring (bicyclic) bond motifs is 4. The molecular weight excluding hydrogens is 434 g/mol. The fraction of sp³-hybridized carbons (Fsp3) is 0.318. The van der Waals surface area contributed by atoms with Crippen molar-refractivity contribution >= 4 is 29.4 Å². The standard InChI is InChI=1S/C22H25N3O6S/c1-32-22-23-14-16-4-2-6-18(20(16)26)30-12-10-28-8-9-29-11-13-31-19-7-3-5-17(21(19)27)15-24-25-22/h2-7,14-15,26-27H,8-13H2,1H3/b23-14+,24-15-,25-22+. The van der Waals surface area contributed by atoms with Crippen LogP contribution in [0.2, 0.25) is 0 Å². The van der Waals surface area contributed by atoms with Gasteiger partial charge in [0.25, 0.3) is 0 Å². The van der Waals surface area contributed by atoms with Crippen molar-refractivity contribution in [2.24, 2.45) is 15.2 Å². The number of ether oxygens (including phenoxy) is 4. The average Bonchev–Trinajstić information content (AvgIpc) is 2.80. The number of nitrogens with zero attached hydrogens (tertiary/aromatic N) is 3. The number of aromatic hydroxyl groups is 2. The Morgan fingerprint density at radius 1 is 0.750 bits per heavy atom. The molecule has 1 aliphatic rings. The van der Waals surface area contributed by atoms with Gasteiger partial charge in [0.1, 0.15) is 13.2 Å². The lowest BCUT2D eigenvalue weighted by atomic mass is 10.2. The summed E-state index contributed by atoms with van der Waals surface area (Å²) in [5, 5.41) is 29.3. The van der Waals surface area contributed by atoms with Gasteiger partial charge < -0.3 is 29.2 Å². The van der Waals surface area contributed by atoms with Crippen LogP contribution in [0.4, 0.5) is 0 Å². The van der Waals surface area contributed by atoms with Gasteiger partial charge in [-0.15, -0.1) is 5.10 Å². The van der Waals surface area contributed by atoms with Crippen LogP contribution in [0.1, 0.15) is 11.1 Å². The number of thioether (sulfide) groups is 1. The number of amidine groups is 1. The largest absolute Gasteiger partial charge is 0.504 e. The first-order valence-electron chi connectivity index (χ1n) is 9.93. The lowest BCUT2D eigenvalue weighted by Gasteiger charge is -2.11. The first-order chi connectivity index (χ1) is 15.7. The Morgan fingerprint density at radius 2 is 1.28 bits per heavy atom. The Morgan fingerprint density at radius 3 is 1.84 bits per heavy atom. The zero-order valence-corrected chi connectivity index (χ0v) is 18.5. The van der Waals surface area contributed by atoms with Crippen LogP contribution in [0, 0.1) is 0 Å². The smallest absolute Gasteiger partial charge is 0.208 e. The number of phenols is 2. The first kappa shape index (κ1) is 23.6. The van der Waals surface area contributed by atoms with Gasteiger partial charge in [-0.2, -0.15) is 5.10 Å². The van der Waals surface area contributed by atoms with Gasteiger partial charge in [0.05, 0.1) is 32.6 Å². The number of rotatable bonds is 0. The minimum atomic E-state index is -0.0344. The van der Waals surface area contributed by atoms with E-state index < -0.39 is 0 Å². The summed E-state index contributed by atoms with van der Waals surface area (Å²) in [7, 11) is 0. The molecule has 0 aliphatic carbocycles. The fourth-order valence-corrected chi connectivity index (χ4v) is 2.93. The minimum Gasteiger partial charge on any atom is -0.504 e. The Hall–Kier alpha value is -3.08. The first-order valence-corrected chi connectivity index (χ1v) is 11.2. The second-order valence-corrected chi connectivity index (χ2v) is 7.17. The number of hydrogen-bond acceptors (Lipinski definition) is 10. The number of benzene rings is 2. The molecule has 0 aromatic heterocycles. The molecule has 0 unspecified atom stereocenters. The van der Waals surface area contributed by atoms with Gasteiger partial charge in [-0.1, -0.05) is 23.9 Å². The molecule has 3 rings (SSSR count). The van der Waals surface area contributed by atoms with Crippen molar-refractivity contribution in [1.29, 1.82) is 0 Å². The van der Waals surface area contributed by atoms with Crippen LogP contribution in [0.3, 0.4) is 0 Å². The zero-order chi connectivity index (χ0) is 22.6. The predicted molar refractivity (Wildman–Crippen MR) is 125 cm³/mol. The van der Waals surface area contributed by atoms with Crippen LogP contribution in [-0.2, 0) is 9.47 Å². The van der Waals surface area contributed by atoms with E-state index in [4.69, 9.17) is 18.9 Å². The Kier molecular flexibility index (Phi) is 9.36. The van der Waals surface area contributed by atoms with Crippen LogP contribution in [-0.4, -0.2) is 73.7 Å². The van der Waals surface area contributed by atoms with E-state index in [0.29, 0.717) is 54.2 Å². The van der Waals surface area contributed by atoms with Gasteiger partial charge >= 0.3 is 0 Å². The molecule has 32 heavy (non-hydrogen) atoms. The van der Waals surface area contributed by atoms with E-state index in [1.807, 2.05) is 6.26 Å². The lowest BCUT2D eigenvalue weighted by Crippen LogP contribution is -2.13. The monoisotopic (exact) mass is 459 g/mol. The number of hydrogen-bond donors (Lipinski definition) is 2. The summed E-state index contributed by atoms with van der Waals surface area (Å²) in [6.07, 6.45) is 4.71.